The molecule has 36 heavy (non-hydrogen) atoms. The van der Waals surface area contributed by atoms with E-state index in [1.165, 1.54) is 25.0 Å². The lowest BCUT2D eigenvalue weighted by Crippen LogP contribution is -2.49. The van der Waals surface area contributed by atoms with Crippen molar-refractivity contribution >= 4 is 34.2 Å². The van der Waals surface area contributed by atoms with Crippen molar-refractivity contribution in [2.75, 3.05) is 13.2 Å². The maximum absolute atomic E-state index is 15.4. The standard InChI is InChI=1S/C28H30ClFN2O4/c1-27(2,26(33)34)28(30)11-7-20(8-12-28)36-24-16-23-22(31-24)15-21(29)25(32-23)19-5-3-17(4-6-19)18-9-13-35-14-10-18/h3-6,9,15-16,20,31H,7-8,10-14H2,1-2H3,(H,33,34). The van der Waals surface area contributed by atoms with E-state index in [0.29, 0.717) is 36.0 Å². The number of carboxylic acid groups (broad SMARTS) is 1. The van der Waals surface area contributed by atoms with E-state index in [2.05, 4.69) is 23.2 Å². The highest BCUT2D eigenvalue weighted by Crippen LogP contribution is 2.46. The Kier molecular flexibility index (Phi) is 6.55. The third-order valence-corrected chi connectivity index (χ3v) is 7.99. The number of carboxylic acids is 1. The first-order chi connectivity index (χ1) is 17.2. The van der Waals surface area contributed by atoms with Gasteiger partial charge in [0, 0.05) is 11.6 Å². The van der Waals surface area contributed by atoms with Crippen molar-refractivity contribution < 1.29 is 23.8 Å². The van der Waals surface area contributed by atoms with Crippen molar-refractivity contribution in [3.05, 3.63) is 53.1 Å². The molecule has 0 radical (unpaired) electrons. The number of fused-ring (bicyclic) bond motifs is 1. The zero-order valence-corrected chi connectivity index (χ0v) is 21.2. The van der Waals surface area contributed by atoms with E-state index in [9.17, 15) is 9.90 Å². The molecule has 1 aliphatic carbocycles. The lowest BCUT2D eigenvalue weighted by molar-refractivity contribution is -0.160. The van der Waals surface area contributed by atoms with Crippen LogP contribution in [0.25, 0.3) is 27.9 Å². The summed E-state index contributed by atoms with van der Waals surface area (Å²) in [5, 5.41) is 9.97. The van der Waals surface area contributed by atoms with E-state index in [1.54, 1.807) is 0 Å². The lowest BCUT2D eigenvalue weighted by atomic mass is 9.68. The number of carbonyl (C=O) groups is 1. The average molecular weight is 513 g/mol. The van der Waals surface area contributed by atoms with Crippen LogP contribution in [0.4, 0.5) is 4.39 Å². The van der Waals surface area contributed by atoms with Crippen LogP contribution in [0.2, 0.25) is 5.02 Å². The molecule has 0 bridgehead atoms. The molecule has 0 unspecified atom stereocenters. The molecule has 1 aliphatic heterocycles. The molecular formula is C28H30ClFN2O4. The van der Waals surface area contributed by atoms with Gasteiger partial charge in [0.05, 0.1) is 40.4 Å². The number of alkyl halides is 1. The Labute approximate surface area is 214 Å². The van der Waals surface area contributed by atoms with Gasteiger partial charge < -0.3 is 19.6 Å². The van der Waals surface area contributed by atoms with Crippen LogP contribution in [0.3, 0.4) is 0 Å². The van der Waals surface area contributed by atoms with Gasteiger partial charge in [0.15, 0.2) is 5.88 Å². The molecule has 2 aromatic heterocycles. The number of hydrogen-bond acceptors (Lipinski definition) is 4. The first-order valence-corrected chi connectivity index (χ1v) is 12.7. The maximum Gasteiger partial charge on any atom is 0.312 e. The number of aromatic amines is 1. The first-order valence-electron chi connectivity index (χ1n) is 12.3. The predicted octanol–water partition coefficient (Wildman–Crippen LogP) is 6.83. The predicted molar refractivity (Wildman–Crippen MR) is 138 cm³/mol. The second-order valence-corrected chi connectivity index (χ2v) is 10.6. The molecule has 0 atom stereocenters. The minimum absolute atomic E-state index is 0.144. The molecule has 0 amide bonds. The Morgan fingerprint density at radius 3 is 2.56 bits per heavy atom. The normalized spacial score (nSPS) is 22.9. The van der Waals surface area contributed by atoms with Gasteiger partial charge in [-0.2, -0.15) is 0 Å². The van der Waals surface area contributed by atoms with Gasteiger partial charge in [0.2, 0.25) is 0 Å². The number of H-pyrrole nitrogens is 1. The molecule has 1 aromatic carbocycles. The maximum atomic E-state index is 15.4. The van der Waals surface area contributed by atoms with Crippen molar-refractivity contribution in [1.29, 1.82) is 0 Å². The summed E-state index contributed by atoms with van der Waals surface area (Å²) >= 11 is 6.59. The fourth-order valence-electron chi connectivity index (χ4n) is 5.07. The fourth-order valence-corrected chi connectivity index (χ4v) is 5.33. The van der Waals surface area contributed by atoms with Gasteiger partial charge in [-0.15, -0.1) is 0 Å². The minimum Gasteiger partial charge on any atom is -0.481 e. The van der Waals surface area contributed by atoms with Crippen LogP contribution in [0, 0.1) is 5.41 Å². The number of hydrogen-bond donors (Lipinski definition) is 2. The number of ether oxygens (including phenoxy) is 2. The van der Waals surface area contributed by atoms with Gasteiger partial charge in [-0.05, 0) is 63.2 Å². The monoisotopic (exact) mass is 512 g/mol. The summed E-state index contributed by atoms with van der Waals surface area (Å²) in [6.07, 6.45) is 3.99. The lowest BCUT2D eigenvalue weighted by Gasteiger charge is -2.41. The van der Waals surface area contributed by atoms with E-state index in [0.717, 1.165) is 29.6 Å². The third kappa shape index (κ3) is 4.62. The molecular weight excluding hydrogens is 483 g/mol. The summed E-state index contributed by atoms with van der Waals surface area (Å²) in [6, 6.07) is 11.9. The number of nitrogens with one attached hydrogen (secondary N) is 1. The Morgan fingerprint density at radius 1 is 1.22 bits per heavy atom. The van der Waals surface area contributed by atoms with Crippen LogP contribution in [0.15, 0.2) is 42.5 Å². The number of pyridine rings is 1. The van der Waals surface area contributed by atoms with Crippen molar-refractivity contribution in [2.24, 2.45) is 5.41 Å². The van der Waals surface area contributed by atoms with Gasteiger partial charge in [0.1, 0.15) is 11.8 Å². The van der Waals surface area contributed by atoms with Crippen molar-refractivity contribution in [3.8, 4) is 17.1 Å². The number of benzene rings is 1. The highest BCUT2D eigenvalue weighted by atomic mass is 35.5. The largest absolute Gasteiger partial charge is 0.481 e. The summed E-state index contributed by atoms with van der Waals surface area (Å²) in [5.41, 5.74) is 2.37. The van der Waals surface area contributed by atoms with Crippen LogP contribution in [0.1, 0.15) is 51.5 Å². The van der Waals surface area contributed by atoms with Gasteiger partial charge in [-0.3, -0.25) is 4.79 Å². The molecule has 3 aromatic rings. The average Bonchev–Trinajstić information content (AvgIpc) is 3.26. The zero-order valence-electron chi connectivity index (χ0n) is 20.4. The van der Waals surface area contributed by atoms with Crippen LogP contribution in [-0.2, 0) is 9.53 Å². The number of aromatic nitrogens is 2. The summed E-state index contributed by atoms with van der Waals surface area (Å²) in [5.74, 6) is -0.574. The number of aliphatic carboxylic acids is 1. The van der Waals surface area contributed by atoms with Crippen LogP contribution < -0.4 is 4.74 Å². The van der Waals surface area contributed by atoms with E-state index < -0.39 is 17.1 Å². The second-order valence-electron chi connectivity index (χ2n) is 10.2. The molecule has 6 nitrogen and oxygen atoms in total. The van der Waals surface area contributed by atoms with Gasteiger partial charge in [0.25, 0.3) is 0 Å². The van der Waals surface area contributed by atoms with Crippen molar-refractivity contribution in [2.45, 2.75) is 57.7 Å². The third-order valence-electron chi connectivity index (χ3n) is 7.70. The number of rotatable bonds is 6. The molecule has 0 saturated heterocycles. The molecule has 1 fully saturated rings. The Morgan fingerprint density at radius 2 is 1.92 bits per heavy atom. The van der Waals surface area contributed by atoms with Crippen LogP contribution >= 0.6 is 11.6 Å². The molecule has 8 heteroatoms. The van der Waals surface area contributed by atoms with Crippen LogP contribution in [0.5, 0.6) is 5.88 Å². The summed E-state index contributed by atoms with van der Waals surface area (Å²) in [4.78, 5) is 19.5. The van der Waals surface area contributed by atoms with E-state index in [4.69, 9.17) is 26.1 Å². The summed E-state index contributed by atoms with van der Waals surface area (Å²) < 4.78 is 26.9. The van der Waals surface area contributed by atoms with Crippen LogP contribution in [-0.4, -0.2) is 46.0 Å². The highest BCUT2D eigenvalue weighted by Gasteiger charge is 2.52. The first kappa shape index (κ1) is 24.8. The number of nitrogens with zero attached hydrogens (tertiary/aromatic N) is 1. The van der Waals surface area contributed by atoms with Gasteiger partial charge in [-0.25, -0.2) is 9.37 Å². The zero-order chi connectivity index (χ0) is 25.5. The molecule has 1 saturated carbocycles. The summed E-state index contributed by atoms with van der Waals surface area (Å²) in [6.45, 7) is 4.30. The Hall–Kier alpha value is -2.90. The fraction of sp³-hybridized carbons (Fsp3) is 0.429. The minimum atomic E-state index is -1.75. The Bertz CT molecular complexity index is 1310. The van der Waals surface area contributed by atoms with Gasteiger partial charge in [-0.1, -0.05) is 41.9 Å². The van der Waals surface area contributed by atoms with Crippen molar-refractivity contribution in [1.82, 2.24) is 9.97 Å². The highest BCUT2D eigenvalue weighted by molar-refractivity contribution is 6.33. The van der Waals surface area contributed by atoms with Crippen molar-refractivity contribution in [3.63, 3.8) is 0 Å². The van der Waals surface area contributed by atoms with E-state index >= 15 is 4.39 Å². The van der Waals surface area contributed by atoms with Gasteiger partial charge >= 0.3 is 5.97 Å². The smallest absolute Gasteiger partial charge is 0.312 e. The topological polar surface area (TPSA) is 84.4 Å². The van der Waals surface area contributed by atoms with E-state index in [1.807, 2.05) is 24.3 Å². The molecule has 0 spiro atoms. The second kappa shape index (κ2) is 9.52. The SMILES string of the molecule is CC(C)(C(=O)O)C1(F)CCC(Oc2cc3nc(-c4ccc(C5=CCOCC5)cc4)c(Cl)cc3[nH]2)CC1. The molecule has 2 aliphatic rings. The molecule has 5 rings (SSSR count). The quantitative estimate of drug-likeness (QED) is 0.378. The molecule has 190 valence electrons. The summed E-state index contributed by atoms with van der Waals surface area (Å²) in [7, 11) is 0. The molecule has 2 N–H and O–H groups in total. The molecule has 3 heterocycles. The van der Waals surface area contributed by atoms with E-state index in [-0.39, 0.29) is 18.9 Å². The Balaban J connectivity index is 1.30. The number of halogens is 2.